The third kappa shape index (κ3) is 15.8. The van der Waals surface area contributed by atoms with E-state index in [-0.39, 0.29) is 59.2 Å². The van der Waals surface area contributed by atoms with Crippen molar-refractivity contribution >= 4 is 53.7 Å². The number of amides is 2. The highest BCUT2D eigenvalue weighted by Gasteiger charge is 2.35. The maximum absolute atomic E-state index is 12.8. The number of aryl methyl sites for hydroxylation is 2. The Balaban J connectivity index is 0.000000479. The van der Waals surface area contributed by atoms with E-state index < -0.39 is 5.91 Å². The molecule has 0 saturated carbocycles. The predicted molar refractivity (Wildman–Crippen MR) is 223 cm³/mol. The van der Waals surface area contributed by atoms with Crippen LogP contribution in [0.5, 0.6) is 23.0 Å². The molecule has 326 valence electrons. The molecule has 0 spiro atoms. The highest BCUT2D eigenvalue weighted by Crippen LogP contribution is 2.38. The molecule has 4 aromatic carbocycles. The van der Waals surface area contributed by atoms with Gasteiger partial charge in [-0.2, -0.15) is 29.4 Å². The zero-order valence-corrected chi connectivity index (χ0v) is 34.3. The first-order chi connectivity index (χ1) is 30.5. The number of fused-ring (bicyclic) bond motifs is 1. The van der Waals surface area contributed by atoms with Crippen LogP contribution in [-0.2, 0) is 35.2 Å². The Morgan fingerprint density at radius 1 is 0.859 bits per heavy atom. The first kappa shape index (κ1) is 52.2. The van der Waals surface area contributed by atoms with Crippen molar-refractivity contribution in [2.45, 2.75) is 20.3 Å². The van der Waals surface area contributed by atoms with E-state index in [1.165, 1.54) is 43.4 Å². The number of aldehydes is 1. The van der Waals surface area contributed by atoms with Crippen LogP contribution in [0.1, 0.15) is 37.5 Å². The fourth-order valence-electron chi connectivity index (χ4n) is 5.01. The van der Waals surface area contributed by atoms with Crippen LogP contribution in [0, 0.1) is 31.8 Å². The van der Waals surface area contributed by atoms with Crippen LogP contribution < -0.4 is 31.6 Å². The van der Waals surface area contributed by atoms with Crippen LogP contribution in [-0.4, -0.2) is 70.9 Å². The molecule has 1 aliphatic rings. The molecule has 0 bridgehead atoms. The van der Waals surface area contributed by atoms with Gasteiger partial charge in [0, 0.05) is 16.7 Å². The number of rotatable bonds is 7. The van der Waals surface area contributed by atoms with Crippen molar-refractivity contribution in [3.63, 3.8) is 0 Å². The first-order valence-electron chi connectivity index (χ1n) is 17.5. The minimum Gasteiger partial charge on any atom is -0.504 e. The zero-order chi connectivity index (χ0) is 48.4. The number of carbonyl (C=O) groups is 3. The van der Waals surface area contributed by atoms with E-state index in [4.69, 9.17) is 62.8 Å². The van der Waals surface area contributed by atoms with Gasteiger partial charge in [-0.3, -0.25) is 19.3 Å². The third-order valence-corrected chi connectivity index (χ3v) is 7.74. The number of allylic oxidation sites excluding steroid dienone is 1. The van der Waals surface area contributed by atoms with Crippen LogP contribution in [0.15, 0.2) is 101 Å². The van der Waals surface area contributed by atoms with Crippen LogP contribution in [0.3, 0.4) is 0 Å². The van der Waals surface area contributed by atoms with Crippen LogP contribution in [0.25, 0.3) is 16.2 Å². The highest BCUT2D eigenvalue weighted by molar-refractivity contribution is 6.09. The second-order valence-electron chi connectivity index (χ2n) is 12.0. The number of isocyanates is 1. The molecule has 2 heterocycles. The van der Waals surface area contributed by atoms with Gasteiger partial charge in [0.15, 0.2) is 28.8 Å². The summed E-state index contributed by atoms with van der Waals surface area (Å²) in [6, 6.07) is 25.5. The molecule has 0 fully saturated rings. The average molecular weight is 872 g/mol. The lowest BCUT2D eigenvalue weighted by Crippen LogP contribution is -2.21. The summed E-state index contributed by atoms with van der Waals surface area (Å²) in [5.74, 6) is -0.181. The van der Waals surface area contributed by atoms with Gasteiger partial charge in [0.25, 0.3) is 11.7 Å². The molecule has 0 atom stereocenters. The maximum Gasteiger partial charge on any atom is 0.373 e. The lowest BCUT2D eigenvalue weighted by molar-refractivity contribution is -0.193. The minimum atomic E-state index is -0.749. The predicted octanol–water partition coefficient (Wildman–Crippen LogP) is 4.01. The molecule has 21 nitrogen and oxygen atoms in total. The number of nitrogens with two attached hydrogens (primary N) is 3. The van der Waals surface area contributed by atoms with Gasteiger partial charge in [-0.15, -0.1) is 0 Å². The molecule has 0 unspecified atom stereocenters. The summed E-state index contributed by atoms with van der Waals surface area (Å²) >= 11 is 0. The van der Waals surface area contributed by atoms with Crippen molar-refractivity contribution < 1.29 is 58.0 Å². The zero-order valence-electron chi connectivity index (χ0n) is 34.3. The SMILES string of the molecule is COc1ccc(-c2nc(C(N)=O)c3c(n2)N(c2cccc(C)c2)C(=O)C3)cc1O.COc1ccc(C=O)cc1O.Cc1cccc(N=C=O)c1.O=C=O.O=C=O.[C-]#[N+]/C(N)=C(/N)C#N. The molecule has 0 saturated heterocycles. The van der Waals surface area contributed by atoms with Crippen molar-refractivity contribution in [3.8, 4) is 40.5 Å². The van der Waals surface area contributed by atoms with Crippen LogP contribution >= 0.6 is 0 Å². The van der Waals surface area contributed by atoms with Gasteiger partial charge < -0.3 is 41.7 Å². The number of anilines is 2. The molecular formula is C43H37N9O12. The van der Waals surface area contributed by atoms with E-state index in [9.17, 15) is 24.3 Å². The second kappa shape index (κ2) is 27.1. The summed E-state index contributed by atoms with van der Waals surface area (Å²) in [5, 5.41) is 27.2. The van der Waals surface area contributed by atoms with E-state index in [2.05, 4.69) is 19.8 Å². The molecule has 1 aromatic heterocycles. The molecular weight excluding hydrogens is 835 g/mol. The Morgan fingerprint density at radius 3 is 1.88 bits per heavy atom. The van der Waals surface area contributed by atoms with Crippen molar-refractivity contribution in [3.05, 3.63) is 136 Å². The Morgan fingerprint density at radius 2 is 1.42 bits per heavy atom. The number of nitrogens with zero attached hydrogens (tertiary/aromatic N) is 6. The van der Waals surface area contributed by atoms with Crippen LogP contribution in [0.4, 0.5) is 17.2 Å². The molecule has 1 aliphatic heterocycles. The van der Waals surface area contributed by atoms with E-state index in [0.29, 0.717) is 51.7 Å². The molecule has 5 aromatic rings. The minimum absolute atomic E-state index is 0.0104. The summed E-state index contributed by atoms with van der Waals surface area (Å²) in [4.78, 5) is 93.8. The van der Waals surface area contributed by atoms with E-state index >= 15 is 0 Å². The van der Waals surface area contributed by atoms with Gasteiger partial charge in [0.05, 0.1) is 32.0 Å². The number of phenolic OH excluding ortho intramolecular Hbond substituents is 2. The normalized spacial score (nSPS) is 10.3. The van der Waals surface area contributed by atoms with Crippen molar-refractivity contribution in [1.29, 1.82) is 5.26 Å². The Bertz CT molecular complexity index is 2670. The number of nitriles is 1. The van der Waals surface area contributed by atoms with E-state index in [1.807, 2.05) is 50.2 Å². The van der Waals surface area contributed by atoms with Crippen molar-refractivity contribution in [2.24, 2.45) is 22.2 Å². The lowest BCUT2D eigenvalue weighted by Gasteiger charge is -2.18. The number of methoxy groups -OCH3 is 2. The quantitative estimate of drug-likeness (QED) is 0.0507. The van der Waals surface area contributed by atoms with Gasteiger partial charge in [-0.05, 0) is 85.6 Å². The number of aliphatic imine (C=N–C) groups is 1. The number of aromatic hydroxyl groups is 2. The smallest absolute Gasteiger partial charge is 0.373 e. The van der Waals surface area contributed by atoms with Crippen LogP contribution in [0.2, 0.25) is 0 Å². The monoisotopic (exact) mass is 871 g/mol. The van der Waals surface area contributed by atoms with Gasteiger partial charge >= 0.3 is 12.3 Å². The molecule has 6 rings (SSSR count). The summed E-state index contributed by atoms with van der Waals surface area (Å²) in [5.41, 5.74) is 19.8. The lowest BCUT2D eigenvalue weighted by atomic mass is 10.1. The second-order valence-corrected chi connectivity index (χ2v) is 12.0. The molecule has 0 aliphatic carbocycles. The van der Waals surface area contributed by atoms with Crippen molar-refractivity contribution in [2.75, 3.05) is 19.1 Å². The number of hydrogen-bond donors (Lipinski definition) is 5. The first-order valence-corrected chi connectivity index (χ1v) is 17.5. The summed E-state index contributed by atoms with van der Waals surface area (Å²) in [7, 11) is 2.90. The number of phenols is 2. The molecule has 2 amide bonds. The number of hydrogen-bond acceptors (Lipinski definition) is 18. The third-order valence-electron chi connectivity index (χ3n) is 7.74. The summed E-state index contributed by atoms with van der Waals surface area (Å²) in [6.45, 7) is 10.1. The Kier molecular flexibility index (Phi) is 22.1. The van der Waals surface area contributed by atoms with Gasteiger partial charge in [-0.1, -0.05) is 30.8 Å². The van der Waals surface area contributed by atoms with Gasteiger partial charge in [0.2, 0.25) is 12.0 Å². The summed E-state index contributed by atoms with van der Waals surface area (Å²) in [6.07, 6.45) is 2.63. The Labute approximate surface area is 364 Å². The van der Waals surface area contributed by atoms with Gasteiger partial charge in [-0.25, -0.2) is 14.8 Å². The van der Waals surface area contributed by atoms with E-state index in [1.54, 1.807) is 36.4 Å². The number of primary amides is 1. The average Bonchev–Trinajstić information content (AvgIpc) is 3.62. The van der Waals surface area contributed by atoms with Gasteiger partial charge in [0.1, 0.15) is 29.6 Å². The fourth-order valence-corrected chi connectivity index (χ4v) is 5.01. The highest BCUT2D eigenvalue weighted by atomic mass is 16.5. The Hall–Kier alpha value is -9.77. The molecule has 64 heavy (non-hydrogen) atoms. The standard InChI is InChI=1S/C21H18N4O4.C8H7NO.C8H8O3.C4H4N4.2CO2/c1-11-4-3-5-13(8-11)25-17(27)10-14-18(19(22)28)23-20(24-21(14)25)12-6-7-16(29-2)15(26)9-12;1-7-3-2-4-8(5-7)9-6-10;1-11-8-3-2-6(5-9)4-7(8)10;1-8-4(7)3(6)2-5;2*2-1-3/h3-9,26H,10H2,1-2H3,(H2,22,28);2-5H,1H3;2-5,10H,1H3;6-7H2;;/b;;;4-3+;;. The largest absolute Gasteiger partial charge is 0.504 e. The summed E-state index contributed by atoms with van der Waals surface area (Å²) < 4.78 is 9.83. The van der Waals surface area contributed by atoms with Crippen molar-refractivity contribution in [1.82, 2.24) is 9.97 Å². The molecule has 0 radical (unpaired) electrons. The topological polar surface area (TPSA) is 343 Å². The number of carbonyl (C=O) groups excluding carboxylic acids is 8. The number of benzene rings is 4. The van der Waals surface area contributed by atoms with E-state index in [0.717, 1.165) is 11.1 Å². The fraction of sp³-hybridized carbons (Fsp3) is 0.116. The number of ether oxygens (including phenoxy) is 2. The molecule has 21 heteroatoms. The number of aromatic nitrogens is 2. The molecule has 8 N–H and O–H groups in total. The maximum atomic E-state index is 12.8.